The molecule has 1 aromatic carbocycles. The van der Waals surface area contributed by atoms with Crippen LogP contribution in [0, 0.1) is 6.92 Å². The number of aryl methyl sites for hydroxylation is 1. The quantitative estimate of drug-likeness (QED) is 0.884. The molecule has 1 aliphatic carbocycles. The maximum absolute atomic E-state index is 12.1. The fraction of sp³-hybridized carbons (Fsp3) is 0.562. The number of carbonyl (C=O) groups excluding carboxylic acids is 1. The van der Waals surface area contributed by atoms with Gasteiger partial charge >= 0.3 is 0 Å². The molecule has 104 valence electrons. The number of thioether (sulfide) groups is 1. The van der Waals surface area contributed by atoms with Gasteiger partial charge in [0.1, 0.15) is 0 Å². The lowest BCUT2D eigenvalue weighted by molar-refractivity contribution is -0.115. The van der Waals surface area contributed by atoms with Gasteiger partial charge in [0.05, 0.1) is 5.25 Å². The number of rotatable bonds is 4. The first-order valence-corrected chi connectivity index (χ1v) is 8.12. The van der Waals surface area contributed by atoms with E-state index in [0.29, 0.717) is 5.25 Å². The van der Waals surface area contributed by atoms with E-state index >= 15 is 0 Å². The van der Waals surface area contributed by atoms with E-state index < -0.39 is 0 Å². The van der Waals surface area contributed by atoms with Crippen molar-refractivity contribution in [2.45, 2.75) is 56.5 Å². The number of nitrogens with one attached hydrogen (secondary N) is 1. The highest BCUT2D eigenvalue weighted by molar-refractivity contribution is 8.01. The molecule has 2 rings (SSSR count). The molecule has 1 aromatic rings. The third-order valence-corrected chi connectivity index (χ3v) is 5.12. The number of benzene rings is 1. The van der Waals surface area contributed by atoms with Crippen LogP contribution < -0.4 is 5.32 Å². The van der Waals surface area contributed by atoms with Crippen molar-refractivity contribution >= 4 is 23.4 Å². The highest BCUT2D eigenvalue weighted by Crippen LogP contribution is 2.31. The van der Waals surface area contributed by atoms with Crippen LogP contribution in [-0.2, 0) is 4.79 Å². The third-order valence-electron chi connectivity index (χ3n) is 3.64. The summed E-state index contributed by atoms with van der Waals surface area (Å²) in [6.45, 7) is 4.07. The molecule has 0 saturated heterocycles. The molecule has 1 saturated carbocycles. The Kier molecular flexibility index (Phi) is 5.32. The fourth-order valence-corrected chi connectivity index (χ4v) is 3.80. The van der Waals surface area contributed by atoms with Gasteiger partial charge < -0.3 is 5.32 Å². The molecular formula is C16H23NOS. The summed E-state index contributed by atoms with van der Waals surface area (Å²) in [6, 6.07) is 7.97. The number of anilines is 1. The van der Waals surface area contributed by atoms with Crippen molar-refractivity contribution in [2.24, 2.45) is 0 Å². The first-order valence-electron chi connectivity index (χ1n) is 7.18. The number of hydrogen-bond acceptors (Lipinski definition) is 2. The van der Waals surface area contributed by atoms with Crippen molar-refractivity contribution in [3.05, 3.63) is 29.8 Å². The van der Waals surface area contributed by atoms with Crippen LogP contribution in [-0.4, -0.2) is 16.4 Å². The van der Waals surface area contributed by atoms with Crippen LogP contribution in [0.15, 0.2) is 24.3 Å². The Morgan fingerprint density at radius 3 is 2.47 bits per heavy atom. The summed E-state index contributed by atoms with van der Waals surface area (Å²) in [4.78, 5) is 12.1. The Morgan fingerprint density at radius 2 is 1.84 bits per heavy atom. The third kappa shape index (κ3) is 4.57. The molecule has 1 amide bonds. The second kappa shape index (κ2) is 6.99. The van der Waals surface area contributed by atoms with E-state index in [1.54, 1.807) is 0 Å². The fourth-order valence-electron chi connectivity index (χ4n) is 2.43. The van der Waals surface area contributed by atoms with E-state index in [4.69, 9.17) is 0 Å². The second-order valence-corrected chi connectivity index (χ2v) is 7.04. The molecule has 0 aromatic heterocycles. The zero-order valence-electron chi connectivity index (χ0n) is 11.8. The molecule has 1 N–H and O–H groups in total. The molecule has 0 bridgehead atoms. The minimum atomic E-state index is 0.0319. The molecule has 1 unspecified atom stereocenters. The lowest BCUT2D eigenvalue weighted by Crippen LogP contribution is -2.25. The highest BCUT2D eigenvalue weighted by Gasteiger charge is 2.21. The molecule has 0 aliphatic heterocycles. The van der Waals surface area contributed by atoms with Crippen molar-refractivity contribution in [3.63, 3.8) is 0 Å². The minimum Gasteiger partial charge on any atom is -0.325 e. The van der Waals surface area contributed by atoms with E-state index in [-0.39, 0.29) is 11.2 Å². The first kappa shape index (κ1) is 14.4. The number of amides is 1. The van der Waals surface area contributed by atoms with E-state index in [1.165, 1.54) is 37.7 Å². The Labute approximate surface area is 120 Å². The predicted molar refractivity (Wildman–Crippen MR) is 83.7 cm³/mol. The van der Waals surface area contributed by atoms with Crippen molar-refractivity contribution in [3.8, 4) is 0 Å². The minimum absolute atomic E-state index is 0.0319. The molecule has 19 heavy (non-hydrogen) atoms. The summed E-state index contributed by atoms with van der Waals surface area (Å²) < 4.78 is 0. The van der Waals surface area contributed by atoms with E-state index in [0.717, 1.165) is 5.69 Å². The average molecular weight is 277 g/mol. The van der Waals surface area contributed by atoms with Crippen LogP contribution >= 0.6 is 11.8 Å². The maximum atomic E-state index is 12.1. The Bertz CT molecular complexity index is 409. The highest BCUT2D eigenvalue weighted by atomic mass is 32.2. The second-order valence-electron chi connectivity index (χ2n) is 5.39. The van der Waals surface area contributed by atoms with Gasteiger partial charge in [0, 0.05) is 10.9 Å². The summed E-state index contributed by atoms with van der Waals surface area (Å²) in [5.41, 5.74) is 2.11. The van der Waals surface area contributed by atoms with Crippen molar-refractivity contribution in [1.82, 2.24) is 0 Å². The standard InChI is InChI=1S/C16H23NOS/c1-12-8-10-14(11-9-12)17-16(18)13(2)19-15-6-4-3-5-7-15/h8-11,13,15H,3-7H2,1-2H3,(H,17,18). The molecule has 0 heterocycles. The van der Waals surface area contributed by atoms with Gasteiger partial charge in [-0.1, -0.05) is 37.0 Å². The lowest BCUT2D eigenvalue weighted by atomic mass is 10.0. The van der Waals surface area contributed by atoms with Gasteiger partial charge in [-0.3, -0.25) is 4.79 Å². The van der Waals surface area contributed by atoms with Crippen molar-refractivity contribution < 1.29 is 4.79 Å². The van der Waals surface area contributed by atoms with Crippen LogP contribution in [0.1, 0.15) is 44.6 Å². The van der Waals surface area contributed by atoms with Crippen LogP contribution in [0.2, 0.25) is 0 Å². The zero-order chi connectivity index (χ0) is 13.7. The van der Waals surface area contributed by atoms with Gasteiger partial charge in [0.25, 0.3) is 0 Å². The molecule has 3 heteroatoms. The largest absolute Gasteiger partial charge is 0.325 e. The molecule has 1 atom stereocenters. The summed E-state index contributed by atoms with van der Waals surface area (Å²) >= 11 is 1.84. The summed E-state index contributed by atoms with van der Waals surface area (Å²) in [5.74, 6) is 0.124. The van der Waals surface area contributed by atoms with Gasteiger partial charge in [0.2, 0.25) is 5.91 Å². The summed E-state index contributed by atoms with van der Waals surface area (Å²) in [7, 11) is 0. The number of hydrogen-bond donors (Lipinski definition) is 1. The maximum Gasteiger partial charge on any atom is 0.237 e. The first-order chi connectivity index (χ1) is 9.15. The van der Waals surface area contributed by atoms with Gasteiger partial charge in [0.15, 0.2) is 0 Å². The monoisotopic (exact) mass is 277 g/mol. The van der Waals surface area contributed by atoms with Gasteiger partial charge in [-0.2, -0.15) is 0 Å². The van der Waals surface area contributed by atoms with E-state index in [2.05, 4.69) is 5.32 Å². The smallest absolute Gasteiger partial charge is 0.237 e. The normalized spacial score (nSPS) is 18.0. The van der Waals surface area contributed by atoms with Crippen LogP contribution in [0.5, 0.6) is 0 Å². The van der Waals surface area contributed by atoms with Crippen molar-refractivity contribution in [1.29, 1.82) is 0 Å². The molecular weight excluding hydrogens is 254 g/mol. The molecule has 0 radical (unpaired) electrons. The van der Waals surface area contributed by atoms with Crippen LogP contribution in [0.4, 0.5) is 5.69 Å². The Morgan fingerprint density at radius 1 is 1.21 bits per heavy atom. The molecule has 2 nitrogen and oxygen atoms in total. The van der Waals surface area contributed by atoms with Gasteiger partial charge in [-0.25, -0.2) is 0 Å². The summed E-state index contributed by atoms with van der Waals surface area (Å²) in [5, 5.41) is 3.70. The molecule has 1 aliphatic rings. The average Bonchev–Trinajstić information content (AvgIpc) is 2.42. The predicted octanol–water partition coefficient (Wildman–Crippen LogP) is 4.39. The van der Waals surface area contributed by atoms with E-state index in [1.807, 2.05) is 49.9 Å². The van der Waals surface area contributed by atoms with Gasteiger partial charge in [-0.05, 0) is 38.8 Å². The Hall–Kier alpha value is -0.960. The summed E-state index contributed by atoms with van der Waals surface area (Å²) in [6.07, 6.45) is 6.55. The van der Waals surface area contributed by atoms with Gasteiger partial charge in [-0.15, -0.1) is 11.8 Å². The number of carbonyl (C=O) groups is 1. The van der Waals surface area contributed by atoms with E-state index in [9.17, 15) is 4.79 Å². The van der Waals surface area contributed by atoms with Crippen LogP contribution in [0.3, 0.4) is 0 Å². The molecule has 1 fully saturated rings. The lowest BCUT2D eigenvalue weighted by Gasteiger charge is -2.23. The van der Waals surface area contributed by atoms with Crippen LogP contribution in [0.25, 0.3) is 0 Å². The Balaban J connectivity index is 1.83. The molecule has 0 spiro atoms. The SMILES string of the molecule is Cc1ccc(NC(=O)C(C)SC2CCCCC2)cc1. The topological polar surface area (TPSA) is 29.1 Å². The zero-order valence-corrected chi connectivity index (χ0v) is 12.6. The van der Waals surface area contributed by atoms with Crippen molar-refractivity contribution in [2.75, 3.05) is 5.32 Å².